The third-order valence-electron chi connectivity index (χ3n) is 5.46. The second-order valence-electron chi connectivity index (χ2n) is 8.12. The second-order valence-corrected chi connectivity index (χ2v) is 8.56. The number of Topliss-reactive ketones (excluding diaryl/α,β-unsaturated/α-hetero) is 1. The summed E-state index contributed by atoms with van der Waals surface area (Å²) in [4.78, 5) is 18.5. The van der Waals surface area contributed by atoms with Crippen LogP contribution < -0.4 is 0 Å². The molecule has 0 N–H and O–H groups in total. The van der Waals surface area contributed by atoms with Crippen molar-refractivity contribution in [2.75, 3.05) is 0 Å². The van der Waals surface area contributed by atoms with Crippen LogP contribution in [0, 0.1) is 0 Å². The van der Waals surface area contributed by atoms with Crippen LogP contribution in [0.25, 0.3) is 11.1 Å². The first kappa shape index (κ1) is 19.6. The topological polar surface area (TPSA) is 29.4 Å². The summed E-state index contributed by atoms with van der Waals surface area (Å²) in [6.45, 7) is 8.52. The van der Waals surface area contributed by atoms with Crippen LogP contribution in [0.5, 0.6) is 0 Å². The highest BCUT2D eigenvalue weighted by atomic mass is 35.5. The number of aliphatic imine (C=N–C) groups is 1. The lowest BCUT2D eigenvalue weighted by molar-refractivity contribution is 0.106. The largest absolute Gasteiger partial charge is 0.287 e. The van der Waals surface area contributed by atoms with Crippen molar-refractivity contribution in [1.29, 1.82) is 0 Å². The molecule has 0 saturated heterocycles. The Balaban J connectivity index is 2.03. The molecule has 4 rings (SSSR count). The molecule has 0 unspecified atom stereocenters. The van der Waals surface area contributed by atoms with Gasteiger partial charge in [0, 0.05) is 16.1 Å². The molecule has 2 nitrogen and oxygen atoms in total. The van der Waals surface area contributed by atoms with Gasteiger partial charge in [-0.05, 0) is 46.2 Å². The van der Waals surface area contributed by atoms with E-state index in [0.717, 1.165) is 33.5 Å². The standard InChI is InChI=1S/C26H24ClNO/c1-15(2)22-13-17(27)14-23(16(3)4)24(22)28-25-20-11-7-5-9-18(20)19-10-6-8-12-21(19)26(25)29/h5-16H,1-4H3. The maximum Gasteiger partial charge on any atom is 0.212 e. The molecule has 146 valence electrons. The van der Waals surface area contributed by atoms with Gasteiger partial charge in [0.05, 0.1) is 5.69 Å². The van der Waals surface area contributed by atoms with E-state index in [2.05, 4.69) is 33.8 Å². The number of carbonyl (C=O) groups is 1. The minimum Gasteiger partial charge on any atom is -0.287 e. The molecule has 0 spiro atoms. The number of halogens is 1. The summed E-state index contributed by atoms with van der Waals surface area (Å²) >= 11 is 6.41. The van der Waals surface area contributed by atoms with E-state index in [4.69, 9.17) is 16.6 Å². The first-order chi connectivity index (χ1) is 13.9. The zero-order chi connectivity index (χ0) is 20.7. The van der Waals surface area contributed by atoms with Crippen molar-refractivity contribution >= 4 is 28.8 Å². The Morgan fingerprint density at radius 2 is 1.17 bits per heavy atom. The van der Waals surface area contributed by atoms with E-state index < -0.39 is 0 Å². The van der Waals surface area contributed by atoms with Gasteiger partial charge in [0.2, 0.25) is 5.78 Å². The van der Waals surface area contributed by atoms with Crippen LogP contribution in [-0.4, -0.2) is 11.5 Å². The zero-order valence-corrected chi connectivity index (χ0v) is 17.9. The van der Waals surface area contributed by atoms with Crippen molar-refractivity contribution in [3.05, 3.63) is 87.9 Å². The van der Waals surface area contributed by atoms with Gasteiger partial charge in [-0.15, -0.1) is 0 Å². The molecule has 29 heavy (non-hydrogen) atoms. The van der Waals surface area contributed by atoms with E-state index in [-0.39, 0.29) is 17.6 Å². The molecule has 0 amide bonds. The van der Waals surface area contributed by atoms with Crippen molar-refractivity contribution in [3.8, 4) is 11.1 Å². The van der Waals surface area contributed by atoms with Crippen LogP contribution in [0.15, 0.2) is 65.7 Å². The van der Waals surface area contributed by atoms with E-state index in [1.165, 1.54) is 0 Å². The molecule has 0 fully saturated rings. The lowest BCUT2D eigenvalue weighted by atomic mass is 9.83. The van der Waals surface area contributed by atoms with E-state index in [9.17, 15) is 4.79 Å². The minimum absolute atomic E-state index is 0.0290. The Bertz CT molecular complexity index is 1110. The third-order valence-corrected chi connectivity index (χ3v) is 5.68. The van der Waals surface area contributed by atoms with Crippen LogP contribution in [0.1, 0.15) is 66.6 Å². The molecule has 3 aromatic rings. The maximum atomic E-state index is 13.5. The van der Waals surface area contributed by atoms with Crippen LogP contribution in [0.2, 0.25) is 5.02 Å². The van der Waals surface area contributed by atoms with Gasteiger partial charge >= 0.3 is 0 Å². The molecule has 0 aliphatic heterocycles. The van der Waals surface area contributed by atoms with Gasteiger partial charge in [-0.2, -0.15) is 0 Å². The van der Waals surface area contributed by atoms with Crippen LogP contribution in [0.3, 0.4) is 0 Å². The summed E-state index contributed by atoms with van der Waals surface area (Å²) in [5, 5.41) is 0.710. The molecule has 0 atom stereocenters. The number of nitrogens with zero attached hydrogens (tertiary/aromatic N) is 1. The first-order valence-electron chi connectivity index (χ1n) is 10.0. The SMILES string of the molecule is CC(C)c1cc(Cl)cc(C(C)C)c1N=C1C(=O)c2ccccc2-c2ccccc21. The Morgan fingerprint density at radius 1 is 0.724 bits per heavy atom. The average Bonchev–Trinajstić information content (AvgIpc) is 2.71. The summed E-state index contributed by atoms with van der Waals surface area (Å²) in [7, 11) is 0. The monoisotopic (exact) mass is 401 g/mol. The fraction of sp³-hybridized carbons (Fsp3) is 0.231. The molecule has 0 saturated carbocycles. The number of rotatable bonds is 3. The van der Waals surface area contributed by atoms with Crippen molar-refractivity contribution in [2.24, 2.45) is 4.99 Å². The fourth-order valence-corrected chi connectivity index (χ4v) is 4.20. The second kappa shape index (κ2) is 7.61. The summed E-state index contributed by atoms with van der Waals surface area (Å²) in [6, 6.07) is 19.7. The minimum atomic E-state index is -0.0290. The van der Waals surface area contributed by atoms with Gasteiger partial charge in [0.25, 0.3) is 0 Å². The molecule has 0 bridgehead atoms. The predicted octanol–water partition coefficient (Wildman–Crippen LogP) is 7.57. The van der Waals surface area contributed by atoms with Crippen molar-refractivity contribution in [3.63, 3.8) is 0 Å². The molecule has 3 aromatic carbocycles. The summed E-state index contributed by atoms with van der Waals surface area (Å²) < 4.78 is 0. The summed E-state index contributed by atoms with van der Waals surface area (Å²) in [5.41, 5.74) is 7.12. The highest BCUT2D eigenvalue weighted by Crippen LogP contribution is 2.40. The Labute approximate surface area is 177 Å². The van der Waals surface area contributed by atoms with E-state index >= 15 is 0 Å². The van der Waals surface area contributed by atoms with Gasteiger partial charge in [0.15, 0.2) is 0 Å². The van der Waals surface area contributed by atoms with Crippen molar-refractivity contribution < 1.29 is 4.79 Å². The number of hydrogen-bond acceptors (Lipinski definition) is 2. The van der Waals surface area contributed by atoms with E-state index in [1.807, 2.05) is 54.6 Å². The highest BCUT2D eigenvalue weighted by molar-refractivity contribution is 6.55. The number of fused-ring (bicyclic) bond motifs is 3. The van der Waals surface area contributed by atoms with Gasteiger partial charge in [0.1, 0.15) is 5.71 Å². The van der Waals surface area contributed by atoms with Crippen LogP contribution in [-0.2, 0) is 0 Å². The summed E-state index contributed by atoms with van der Waals surface area (Å²) in [6.07, 6.45) is 0. The van der Waals surface area contributed by atoms with Crippen LogP contribution >= 0.6 is 11.6 Å². The molecule has 1 aliphatic rings. The van der Waals surface area contributed by atoms with E-state index in [0.29, 0.717) is 16.3 Å². The maximum absolute atomic E-state index is 13.5. The number of ketones is 1. The molecule has 0 radical (unpaired) electrons. The number of hydrogen-bond donors (Lipinski definition) is 0. The number of benzene rings is 3. The van der Waals surface area contributed by atoms with Gasteiger partial charge in [-0.3, -0.25) is 4.79 Å². The predicted molar refractivity (Wildman–Crippen MR) is 122 cm³/mol. The molecular weight excluding hydrogens is 378 g/mol. The molecular formula is C26H24ClNO. The Kier molecular flexibility index (Phi) is 5.14. The zero-order valence-electron chi connectivity index (χ0n) is 17.2. The molecule has 1 aliphatic carbocycles. The number of carbonyl (C=O) groups excluding carboxylic acids is 1. The third kappa shape index (κ3) is 3.42. The Morgan fingerprint density at radius 3 is 1.69 bits per heavy atom. The quantitative estimate of drug-likeness (QED) is 0.444. The van der Waals surface area contributed by atoms with Crippen LogP contribution in [0.4, 0.5) is 5.69 Å². The molecule has 0 heterocycles. The first-order valence-corrected chi connectivity index (χ1v) is 10.4. The normalized spacial score (nSPS) is 14.4. The van der Waals surface area contributed by atoms with Crippen molar-refractivity contribution in [1.82, 2.24) is 0 Å². The smallest absolute Gasteiger partial charge is 0.212 e. The highest BCUT2D eigenvalue weighted by Gasteiger charge is 2.29. The van der Waals surface area contributed by atoms with Crippen molar-refractivity contribution in [2.45, 2.75) is 39.5 Å². The lowest BCUT2D eigenvalue weighted by Gasteiger charge is -2.22. The average molecular weight is 402 g/mol. The van der Waals surface area contributed by atoms with Gasteiger partial charge < -0.3 is 0 Å². The summed E-state index contributed by atoms with van der Waals surface area (Å²) in [5.74, 6) is 0.456. The van der Waals surface area contributed by atoms with Gasteiger partial charge in [-0.1, -0.05) is 87.8 Å². The molecule has 3 heteroatoms. The molecule has 0 aromatic heterocycles. The Hall–Kier alpha value is -2.71. The van der Waals surface area contributed by atoms with Gasteiger partial charge in [-0.25, -0.2) is 4.99 Å². The lowest BCUT2D eigenvalue weighted by Crippen LogP contribution is -2.22. The fourth-order valence-electron chi connectivity index (χ4n) is 3.96. The van der Waals surface area contributed by atoms with E-state index in [1.54, 1.807) is 0 Å².